The maximum Gasteiger partial charge on any atom is 0.319 e. The topological polar surface area (TPSA) is 44.4 Å². The fraction of sp³-hybridized carbons (Fsp3) is 0.417. The molecule has 1 saturated heterocycles. The van der Waals surface area contributed by atoms with Gasteiger partial charge in [-0.15, -0.1) is 0 Å². The number of halogens is 3. The summed E-state index contributed by atoms with van der Waals surface area (Å²) in [6, 6.07) is 6.82. The summed E-state index contributed by atoms with van der Waals surface area (Å²) in [4.78, 5) is 13.1. The van der Waals surface area contributed by atoms with Gasteiger partial charge in [0, 0.05) is 23.2 Å². The number of anilines is 1. The summed E-state index contributed by atoms with van der Waals surface area (Å²) >= 11 is 3.30. The Kier molecular flexibility index (Phi) is 4.36. The van der Waals surface area contributed by atoms with Gasteiger partial charge < -0.3 is 10.6 Å². The van der Waals surface area contributed by atoms with Crippen molar-refractivity contribution in [2.45, 2.75) is 5.92 Å². The van der Waals surface area contributed by atoms with Crippen molar-refractivity contribution in [1.29, 1.82) is 0 Å². The van der Waals surface area contributed by atoms with Crippen molar-refractivity contribution in [3.63, 3.8) is 0 Å². The molecule has 0 bridgehead atoms. The van der Waals surface area contributed by atoms with Gasteiger partial charge in [0.25, 0.3) is 5.92 Å². The molecular weight excluding hydrogens is 320 g/mol. The molecule has 1 aromatic carbocycles. The molecule has 19 heavy (non-hydrogen) atoms. The van der Waals surface area contributed by atoms with Crippen LogP contribution in [0.3, 0.4) is 0 Å². The minimum Gasteiger partial charge on any atom is -0.337 e. The molecule has 0 aliphatic carbocycles. The number of carbonyl (C=O) groups excluding carboxylic acids is 1. The number of benzene rings is 1. The number of nitrogens with zero attached hydrogens (tertiary/aromatic N) is 1. The SMILES string of the molecule is O=C(NCCN1CC(F)(F)C1)Nc1ccc(Br)cc1. The van der Waals surface area contributed by atoms with Crippen molar-refractivity contribution in [3.8, 4) is 0 Å². The Morgan fingerprint density at radius 1 is 1.32 bits per heavy atom. The first-order valence-electron chi connectivity index (χ1n) is 5.85. The van der Waals surface area contributed by atoms with Gasteiger partial charge in [0.15, 0.2) is 0 Å². The quantitative estimate of drug-likeness (QED) is 0.889. The minimum absolute atomic E-state index is 0.219. The van der Waals surface area contributed by atoms with E-state index in [0.29, 0.717) is 18.8 Å². The Labute approximate surface area is 118 Å². The van der Waals surface area contributed by atoms with Crippen LogP contribution in [0.1, 0.15) is 0 Å². The lowest BCUT2D eigenvalue weighted by Crippen LogP contribution is -2.57. The van der Waals surface area contributed by atoms with Crippen molar-refractivity contribution in [2.75, 3.05) is 31.5 Å². The Morgan fingerprint density at radius 3 is 2.53 bits per heavy atom. The molecule has 1 aliphatic heterocycles. The molecule has 1 fully saturated rings. The first-order valence-corrected chi connectivity index (χ1v) is 6.64. The van der Waals surface area contributed by atoms with Gasteiger partial charge in [0.05, 0.1) is 13.1 Å². The molecule has 1 aromatic rings. The molecule has 1 heterocycles. The van der Waals surface area contributed by atoms with E-state index in [1.54, 1.807) is 17.0 Å². The number of likely N-dealkylation sites (tertiary alicyclic amines) is 1. The van der Waals surface area contributed by atoms with Crippen LogP contribution in [0.15, 0.2) is 28.7 Å². The highest BCUT2D eigenvalue weighted by molar-refractivity contribution is 9.10. The predicted octanol–water partition coefficient (Wildman–Crippen LogP) is 2.52. The molecule has 4 nitrogen and oxygen atoms in total. The summed E-state index contributed by atoms with van der Waals surface area (Å²) in [5.41, 5.74) is 0.677. The molecule has 0 unspecified atom stereocenters. The van der Waals surface area contributed by atoms with Crippen LogP contribution in [0.25, 0.3) is 0 Å². The van der Waals surface area contributed by atoms with E-state index < -0.39 is 5.92 Å². The highest BCUT2D eigenvalue weighted by Crippen LogP contribution is 2.25. The monoisotopic (exact) mass is 333 g/mol. The molecule has 104 valence electrons. The van der Waals surface area contributed by atoms with Crippen LogP contribution >= 0.6 is 15.9 Å². The van der Waals surface area contributed by atoms with Crippen LogP contribution < -0.4 is 10.6 Å². The van der Waals surface area contributed by atoms with Gasteiger partial charge in [-0.05, 0) is 24.3 Å². The van der Waals surface area contributed by atoms with E-state index >= 15 is 0 Å². The zero-order valence-corrected chi connectivity index (χ0v) is 11.7. The lowest BCUT2D eigenvalue weighted by molar-refractivity contribution is -0.129. The number of nitrogens with one attached hydrogen (secondary N) is 2. The number of urea groups is 1. The van der Waals surface area contributed by atoms with Gasteiger partial charge in [0.1, 0.15) is 0 Å². The summed E-state index contributed by atoms with van der Waals surface area (Å²) in [6.07, 6.45) is 0. The smallest absolute Gasteiger partial charge is 0.319 e. The zero-order valence-electron chi connectivity index (χ0n) is 10.1. The number of rotatable bonds is 4. The van der Waals surface area contributed by atoms with Crippen LogP contribution in [0.5, 0.6) is 0 Å². The normalized spacial score (nSPS) is 17.6. The zero-order chi connectivity index (χ0) is 13.9. The molecular formula is C12H14BrF2N3O. The Bertz CT molecular complexity index is 445. The third-order valence-electron chi connectivity index (χ3n) is 2.73. The molecule has 0 saturated carbocycles. The Hall–Kier alpha value is -1.21. The van der Waals surface area contributed by atoms with E-state index in [1.165, 1.54) is 0 Å². The molecule has 1 aliphatic rings. The molecule has 2 amide bonds. The first-order chi connectivity index (χ1) is 8.94. The number of hydrogen-bond donors (Lipinski definition) is 2. The Morgan fingerprint density at radius 2 is 1.95 bits per heavy atom. The van der Waals surface area contributed by atoms with Gasteiger partial charge in [-0.25, -0.2) is 13.6 Å². The lowest BCUT2D eigenvalue weighted by atomic mass is 10.1. The van der Waals surface area contributed by atoms with Gasteiger partial charge in [-0.3, -0.25) is 4.90 Å². The van der Waals surface area contributed by atoms with Crippen molar-refractivity contribution in [3.05, 3.63) is 28.7 Å². The second-order valence-corrected chi connectivity index (χ2v) is 5.37. The summed E-state index contributed by atoms with van der Waals surface area (Å²) in [7, 11) is 0. The minimum atomic E-state index is -2.56. The molecule has 2 rings (SSSR count). The van der Waals surface area contributed by atoms with Crippen molar-refractivity contribution < 1.29 is 13.6 Å². The molecule has 2 N–H and O–H groups in total. The van der Waals surface area contributed by atoms with Crippen LogP contribution in [-0.2, 0) is 0 Å². The maximum absolute atomic E-state index is 12.5. The highest BCUT2D eigenvalue weighted by atomic mass is 79.9. The summed E-state index contributed by atoms with van der Waals surface area (Å²) in [5, 5.41) is 5.28. The lowest BCUT2D eigenvalue weighted by Gasteiger charge is -2.38. The summed E-state index contributed by atoms with van der Waals surface area (Å²) < 4.78 is 26.0. The number of hydrogen-bond acceptors (Lipinski definition) is 2. The van der Waals surface area contributed by atoms with Crippen molar-refractivity contribution >= 4 is 27.6 Å². The van der Waals surface area contributed by atoms with Crippen molar-refractivity contribution in [2.24, 2.45) is 0 Å². The summed E-state index contributed by atoms with van der Waals surface area (Å²) in [5.74, 6) is -2.56. The second kappa shape index (κ2) is 5.83. The molecule has 0 aromatic heterocycles. The van der Waals surface area contributed by atoms with Gasteiger partial charge in [0.2, 0.25) is 0 Å². The average molecular weight is 334 g/mol. The van der Waals surface area contributed by atoms with E-state index in [9.17, 15) is 13.6 Å². The predicted molar refractivity (Wildman–Crippen MR) is 72.6 cm³/mol. The van der Waals surface area contributed by atoms with Crippen molar-refractivity contribution in [1.82, 2.24) is 10.2 Å². The van der Waals surface area contributed by atoms with Gasteiger partial charge in [-0.1, -0.05) is 15.9 Å². The van der Waals surface area contributed by atoms with Gasteiger partial charge >= 0.3 is 6.03 Å². The molecule has 0 atom stereocenters. The summed E-state index contributed by atoms with van der Waals surface area (Å²) in [6.45, 7) is 0.341. The maximum atomic E-state index is 12.5. The van der Waals surface area contributed by atoms with E-state index in [4.69, 9.17) is 0 Å². The van der Waals surface area contributed by atoms with E-state index in [1.807, 2.05) is 12.1 Å². The number of alkyl halides is 2. The average Bonchev–Trinajstić information content (AvgIpc) is 2.30. The fourth-order valence-corrected chi connectivity index (χ4v) is 2.07. The first kappa shape index (κ1) is 14.2. The van der Waals surface area contributed by atoms with Crippen LogP contribution in [-0.4, -0.2) is 43.0 Å². The van der Waals surface area contributed by atoms with Crippen LogP contribution in [0.4, 0.5) is 19.3 Å². The van der Waals surface area contributed by atoms with Gasteiger partial charge in [-0.2, -0.15) is 0 Å². The Balaban J connectivity index is 1.64. The van der Waals surface area contributed by atoms with E-state index in [2.05, 4.69) is 26.6 Å². The second-order valence-electron chi connectivity index (χ2n) is 4.45. The molecule has 0 radical (unpaired) electrons. The highest BCUT2D eigenvalue weighted by Gasteiger charge is 2.43. The largest absolute Gasteiger partial charge is 0.337 e. The molecule has 0 spiro atoms. The third kappa shape index (κ3) is 4.43. The van der Waals surface area contributed by atoms with E-state index in [-0.39, 0.29) is 19.1 Å². The number of amides is 2. The standard InChI is InChI=1S/C12H14BrF2N3O/c13-9-1-3-10(4-2-9)17-11(19)16-5-6-18-7-12(14,15)8-18/h1-4H,5-8H2,(H2,16,17,19). The molecule has 7 heteroatoms. The third-order valence-corrected chi connectivity index (χ3v) is 3.25. The van der Waals surface area contributed by atoms with Crippen LogP contribution in [0, 0.1) is 0 Å². The van der Waals surface area contributed by atoms with Crippen LogP contribution in [0.2, 0.25) is 0 Å². The van der Waals surface area contributed by atoms with E-state index in [0.717, 1.165) is 4.47 Å². The number of carbonyl (C=O) groups is 1. The fourth-order valence-electron chi connectivity index (χ4n) is 1.80.